The van der Waals surface area contributed by atoms with E-state index in [4.69, 9.17) is 0 Å². The van der Waals surface area contributed by atoms with Crippen molar-refractivity contribution in [2.45, 2.75) is 44.4 Å². The number of H-pyrrole nitrogens is 1. The molecule has 0 radical (unpaired) electrons. The van der Waals surface area contributed by atoms with E-state index in [1.807, 2.05) is 11.8 Å². The van der Waals surface area contributed by atoms with Gasteiger partial charge in [0, 0.05) is 31.5 Å². The van der Waals surface area contributed by atoms with Gasteiger partial charge >= 0.3 is 6.03 Å². The fourth-order valence-electron chi connectivity index (χ4n) is 2.65. The molecular formula is C13H21N5O. The minimum absolute atomic E-state index is 0.0325. The number of aromatic nitrogens is 3. The predicted octanol–water partition coefficient (Wildman–Crippen LogP) is 1.59. The van der Waals surface area contributed by atoms with Crippen LogP contribution in [0.25, 0.3) is 0 Å². The number of piperidine rings is 1. The van der Waals surface area contributed by atoms with Crippen LogP contribution in [0, 0.1) is 0 Å². The van der Waals surface area contributed by atoms with Gasteiger partial charge in [0.2, 0.25) is 0 Å². The lowest BCUT2D eigenvalue weighted by Gasteiger charge is -2.31. The van der Waals surface area contributed by atoms with Crippen molar-refractivity contribution in [3.05, 3.63) is 11.6 Å². The quantitative estimate of drug-likeness (QED) is 0.869. The summed E-state index contributed by atoms with van der Waals surface area (Å²) in [6, 6.07) is 0.0325. The smallest absolute Gasteiger partial charge is 0.317 e. The number of hydrogen-bond donors (Lipinski definition) is 2. The summed E-state index contributed by atoms with van der Waals surface area (Å²) < 4.78 is 0. The van der Waals surface area contributed by atoms with Crippen LogP contribution in [0.15, 0.2) is 0 Å². The van der Waals surface area contributed by atoms with Crippen LogP contribution in [0.5, 0.6) is 0 Å². The molecule has 6 nitrogen and oxygen atoms in total. The number of aromatic amines is 1. The van der Waals surface area contributed by atoms with Gasteiger partial charge in [-0.3, -0.25) is 5.10 Å². The third kappa shape index (κ3) is 2.72. The Labute approximate surface area is 113 Å². The molecule has 2 amide bonds. The predicted molar refractivity (Wildman–Crippen MR) is 71.0 cm³/mol. The van der Waals surface area contributed by atoms with Crippen LogP contribution in [-0.2, 0) is 0 Å². The second kappa shape index (κ2) is 5.19. The molecule has 2 heterocycles. The Kier molecular flexibility index (Phi) is 3.40. The van der Waals surface area contributed by atoms with Crippen LogP contribution in [-0.4, -0.2) is 45.7 Å². The van der Waals surface area contributed by atoms with E-state index < -0.39 is 0 Å². The van der Waals surface area contributed by atoms with Crippen molar-refractivity contribution >= 4 is 6.03 Å². The van der Waals surface area contributed by atoms with Crippen molar-refractivity contribution in [2.75, 3.05) is 19.6 Å². The number of nitrogens with one attached hydrogen (secondary N) is 2. The second-order valence-corrected chi connectivity index (χ2v) is 5.47. The first-order chi connectivity index (χ1) is 9.28. The van der Waals surface area contributed by atoms with E-state index in [1.165, 1.54) is 12.8 Å². The van der Waals surface area contributed by atoms with Crippen LogP contribution >= 0.6 is 0 Å². The summed E-state index contributed by atoms with van der Waals surface area (Å²) in [4.78, 5) is 18.4. The van der Waals surface area contributed by atoms with E-state index in [9.17, 15) is 4.79 Å². The van der Waals surface area contributed by atoms with Crippen molar-refractivity contribution < 1.29 is 4.79 Å². The molecule has 19 heavy (non-hydrogen) atoms. The average molecular weight is 263 g/mol. The van der Waals surface area contributed by atoms with Gasteiger partial charge in [0.25, 0.3) is 0 Å². The molecule has 0 bridgehead atoms. The maximum Gasteiger partial charge on any atom is 0.317 e. The number of nitrogens with zero attached hydrogens (tertiary/aromatic N) is 3. The van der Waals surface area contributed by atoms with Gasteiger partial charge in [-0.2, -0.15) is 5.10 Å². The first-order valence-electron chi connectivity index (χ1n) is 7.23. The average Bonchev–Trinajstić information content (AvgIpc) is 3.17. The van der Waals surface area contributed by atoms with Gasteiger partial charge in [-0.25, -0.2) is 9.78 Å². The summed E-state index contributed by atoms with van der Waals surface area (Å²) in [5.41, 5.74) is 0. The second-order valence-electron chi connectivity index (χ2n) is 5.47. The van der Waals surface area contributed by atoms with Gasteiger partial charge < -0.3 is 10.2 Å². The molecule has 2 fully saturated rings. The molecular weight excluding hydrogens is 242 g/mol. The van der Waals surface area contributed by atoms with Crippen LogP contribution in [0.3, 0.4) is 0 Å². The fraction of sp³-hybridized carbons (Fsp3) is 0.769. The Bertz CT molecular complexity index is 454. The van der Waals surface area contributed by atoms with Crippen molar-refractivity contribution in [3.8, 4) is 0 Å². The monoisotopic (exact) mass is 263 g/mol. The van der Waals surface area contributed by atoms with Gasteiger partial charge in [-0.15, -0.1) is 0 Å². The lowest BCUT2D eigenvalue weighted by atomic mass is 9.97. The molecule has 1 atom stereocenters. The molecule has 1 aliphatic heterocycles. The Morgan fingerprint density at radius 2 is 2.26 bits per heavy atom. The number of urea groups is 1. The highest BCUT2D eigenvalue weighted by Gasteiger charge is 2.30. The Balaban J connectivity index is 1.64. The maximum absolute atomic E-state index is 11.9. The normalized spacial score (nSPS) is 23.4. The van der Waals surface area contributed by atoms with E-state index in [-0.39, 0.29) is 11.9 Å². The standard InChI is InChI=1S/C13H21N5O/c1-2-14-13(19)18-7-3-4-10(8-18)12-15-11(16-17-12)9-5-6-9/h9-10H,2-8H2,1H3,(H,14,19)(H,15,16,17)/t10-/m1/s1. The molecule has 6 heteroatoms. The molecule has 2 N–H and O–H groups in total. The topological polar surface area (TPSA) is 73.9 Å². The molecule has 1 saturated heterocycles. The third-order valence-corrected chi connectivity index (χ3v) is 3.89. The molecule has 0 unspecified atom stereocenters. The van der Waals surface area contributed by atoms with Crippen molar-refractivity contribution in [3.63, 3.8) is 0 Å². The summed E-state index contributed by atoms with van der Waals surface area (Å²) in [5, 5.41) is 10.3. The number of amides is 2. The lowest BCUT2D eigenvalue weighted by molar-refractivity contribution is 0.179. The highest BCUT2D eigenvalue weighted by Crippen LogP contribution is 2.38. The van der Waals surface area contributed by atoms with Gasteiger partial charge in [0.1, 0.15) is 5.82 Å². The van der Waals surface area contributed by atoms with E-state index in [2.05, 4.69) is 20.5 Å². The van der Waals surface area contributed by atoms with Crippen molar-refractivity contribution in [2.24, 2.45) is 0 Å². The largest absolute Gasteiger partial charge is 0.338 e. The van der Waals surface area contributed by atoms with E-state index in [0.717, 1.165) is 37.6 Å². The summed E-state index contributed by atoms with van der Waals surface area (Å²) >= 11 is 0. The maximum atomic E-state index is 11.9. The van der Waals surface area contributed by atoms with Gasteiger partial charge in [-0.1, -0.05) is 0 Å². The lowest BCUT2D eigenvalue weighted by Crippen LogP contribution is -2.45. The van der Waals surface area contributed by atoms with E-state index >= 15 is 0 Å². The van der Waals surface area contributed by atoms with Crippen LogP contribution in [0.1, 0.15) is 56.1 Å². The zero-order valence-corrected chi connectivity index (χ0v) is 11.4. The van der Waals surface area contributed by atoms with Crippen molar-refractivity contribution in [1.29, 1.82) is 0 Å². The number of carbonyl (C=O) groups is 1. The molecule has 3 rings (SSSR count). The van der Waals surface area contributed by atoms with E-state index in [0.29, 0.717) is 12.5 Å². The summed E-state index contributed by atoms with van der Waals surface area (Å²) in [6.45, 7) is 4.18. The summed E-state index contributed by atoms with van der Waals surface area (Å²) in [7, 11) is 0. The Morgan fingerprint density at radius 1 is 1.42 bits per heavy atom. The minimum atomic E-state index is 0.0325. The van der Waals surface area contributed by atoms with Crippen molar-refractivity contribution in [1.82, 2.24) is 25.4 Å². The van der Waals surface area contributed by atoms with Crippen LogP contribution in [0.4, 0.5) is 4.79 Å². The molecule has 2 aliphatic rings. The summed E-state index contributed by atoms with van der Waals surface area (Å²) in [5.74, 6) is 2.80. The number of hydrogen-bond acceptors (Lipinski definition) is 3. The van der Waals surface area contributed by atoms with Gasteiger partial charge in [-0.05, 0) is 32.6 Å². The SMILES string of the molecule is CCNC(=O)N1CCC[C@@H](c2n[nH]c(C3CC3)n2)C1. The number of rotatable bonds is 3. The molecule has 0 spiro atoms. The molecule has 0 aromatic carbocycles. The zero-order chi connectivity index (χ0) is 13.2. The van der Waals surface area contributed by atoms with Gasteiger partial charge in [0.15, 0.2) is 5.82 Å². The molecule has 1 aromatic heterocycles. The molecule has 1 aromatic rings. The first-order valence-corrected chi connectivity index (χ1v) is 7.23. The van der Waals surface area contributed by atoms with Gasteiger partial charge in [0.05, 0.1) is 0 Å². The highest BCUT2D eigenvalue weighted by atomic mass is 16.2. The number of carbonyl (C=O) groups excluding carboxylic acids is 1. The van der Waals surface area contributed by atoms with Crippen LogP contribution < -0.4 is 5.32 Å². The molecule has 1 saturated carbocycles. The summed E-state index contributed by atoms with van der Waals surface area (Å²) in [6.07, 6.45) is 4.54. The molecule has 1 aliphatic carbocycles. The first kappa shape index (κ1) is 12.4. The fourth-order valence-corrected chi connectivity index (χ4v) is 2.65. The molecule has 104 valence electrons. The zero-order valence-electron chi connectivity index (χ0n) is 11.4. The Morgan fingerprint density at radius 3 is 3.00 bits per heavy atom. The Hall–Kier alpha value is -1.59. The van der Waals surface area contributed by atoms with E-state index in [1.54, 1.807) is 0 Å². The highest BCUT2D eigenvalue weighted by molar-refractivity contribution is 5.74. The third-order valence-electron chi connectivity index (χ3n) is 3.89. The number of likely N-dealkylation sites (tertiary alicyclic amines) is 1. The van der Waals surface area contributed by atoms with Crippen LogP contribution in [0.2, 0.25) is 0 Å². The minimum Gasteiger partial charge on any atom is -0.338 e.